The Bertz CT molecular complexity index is 827. The number of allylic oxidation sites excluding steroid dienone is 1. The molecule has 0 saturated carbocycles. The average molecular weight is 376 g/mol. The van der Waals surface area contributed by atoms with Crippen molar-refractivity contribution in [2.45, 2.75) is 31.6 Å². The van der Waals surface area contributed by atoms with Crippen molar-refractivity contribution >= 4 is 6.21 Å². The monoisotopic (exact) mass is 375 g/mol. The van der Waals surface area contributed by atoms with Crippen molar-refractivity contribution in [3.05, 3.63) is 82.9 Å². The molecule has 3 unspecified atom stereocenters. The topological polar surface area (TPSA) is 30.8 Å². The van der Waals surface area contributed by atoms with Crippen LogP contribution in [-0.2, 0) is 9.47 Å². The molecule has 0 fully saturated rings. The minimum atomic E-state index is 0.342. The van der Waals surface area contributed by atoms with Gasteiger partial charge < -0.3 is 9.47 Å². The van der Waals surface area contributed by atoms with E-state index < -0.39 is 0 Å². The van der Waals surface area contributed by atoms with E-state index in [0.29, 0.717) is 37.8 Å². The Kier molecular flexibility index (Phi) is 6.35. The fraction of sp³-hybridized carbons (Fsp3) is 0.400. The highest BCUT2D eigenvalue weighted by molar-refractivity contribution is 5.61. The fourth-order valence-corrected chi connectivity index (χ4v) is 4.76. The zero-order valence-electron chi connectivity index (χ0n) is 16.6. The summed E-state index contributed by atoms with van der Waals surface area (Å²) in [6.45, 7) is 4.61. The van der Waals surface area contributed by atoms with Crippen LogP contribution >= 0.6 is 0 Å². The number of benzene rings is 2. The van der Waals surface area contributed by atoms with Crippen LogP contribution in [0.15, 0.2) is 71.2 Å². The smallest absolute Gasteiger partial charge is 0.146 e. The van der Waals surface area contributed by atoms with Gasteiger partial charge in [-0.1, -0.05) is 66.2 Å². The lowest BCUT2D eigenvalue weighted by Crippen LogP contribution is -2.22. The molecule has 0 saturated heterocycles. The number of hydrogen-bond acceptors (Lipinski definition) is 3. The number of nitrogens with zero attached hydrogens (tertiary/aromatic N) is 1. The third-order valence-corrected chi connectivity index (χ3v) is 5.91. The summed E-state index contributed by atoms with van der Waals surface area (Å²) < 4.78 is 11.5. The largest absolute Gasteiger partial charge is 0.356 e. The summed E-state index contributed by atoms with van der Waals surface area (Å²) in [6, 6.07) is 19.8. The van der Waals surface area contributed by atoms with E-state index in [1.54, 1.807) is 0 Å². The van der Waals surface area contributed by atoms with Crippen molar-refractivity contribution in [1.82, 2.24) is 0 Å². The lowest BCUT2D eigenvalue weighted by Gasteiger charge is -2.28. The number of fused-ring (bicyclic) bond motifs is 1. The van der Waals surface area contributed by atoms with Crippen LogP contribution in [0, 0.1) is 5.92 Å². The third kappa shape index (κ3) is 3.96. The molecule has 3 heteroatoms. The summed E-state index contributed by atoms with van der Waals surface area (Å²) in [7, 11) is 0. The van der Waals surface area contributed by atoms with Crippen LogP contribution in [0.3, 0.4) is 0 Å². The first kappa shape index (κ1) is 19.1. The van der Waals surface area contributed by atoms with Gasteiger partial charge in [-0.3, -0.25) is 4.99 Å². The SMILES string of the molecule is CCOCOCC1C(C2=CCC=NCC2)c2ccccc2C1c1ccccc1. The lowest BCUT2D eigenvalue weighted by atomic mass is 9.79. The second-order valence-corrected chi connectivity index (χ2v) is 7.49. The number of rotatable bonds is 7. The van der Waals surface area contributed by atoms with Gasteiger partial charge in [-0.25, -0.2) is 0 Å². The molecule has 0 amide bonds. The van der Waals surface area contributed by atoms with E-state index in [1.165, 1.54) is 22.3 Å². The van der Waals surface area contributed by atoms with E-state index in [1.807, 2.05) is 13.1 Å². The highest BCUT2D eigenvalue weighted by atomic mass is 16.7. The first-order valence-electron chi connectivity index (χ1n) is 10.4. The molecule has 3 atom stereocenters. The van der Waals surface area contributed by atoms with Gasteiger partial charge in [0.2, 0.25) is 0 Å². The van der Waals surface area contributed by atoms with Crippen molar-refractivity contribution in [2.75, 3.05) is 26.6 Å². The third-order valence-electron chi connectivity index (χ3n) is 5.91. The lowest BCUT2D eigenvalue weighted by molar-refractivity contribution is -0.0623. The van der Waals surface area contributed by atoms with Gasteiger partial charge in [-0.2, -0.15) is 0 Å². The molecule has 2 aliphatic rings. The molecule has 0 radical (unpaired) electrons. The maximum absolute atomic E-state index is 6.01. The maximum Gasteiger partial charge on any atom is 0.146 e. The van der Waals surface area contributed by atoms with E-state index in [4.69, 9.17) is 9.47 Å². The van der Waals surface area contributed by atoms with Crippen molar-refractivity contribution in [1.29, 1.82) is 0 Å². The maximum atomic E-state index is 6.01. The number of hydrogen-bond donors (Lipinski definition) is 0. The van der Waals surface area contributed by atoms with Gasteiger partial charge in [0.25, 0.3) is 0 Å². The Morgan fingerprint density at radius 2 is 1.68 bits per heavy atom. The Morgan fingerprint density at radius 3 is 2.46 bits per heavy atom. The molecule has 0 spiro atoms. The van der Waals surface area contributed by atoms with Gasteiger partial charge >= 0.3 is 0 Å². The van der Waals surface area contributed by atoms with Gasteiger partial charge in [0, 0.05) is 43.5 Å². The average Bonchev–Trinajstić information content (AvgIpc) is 2.87. The quantitative estimate of drug-likeness (QED) is 0.372. The van der Waals surface area contributed by atoms with Gasteiger partial charge in [0.1, 0.15) is 6.79 Å². The fourth-order valence-electron chi connectivity index (χ4n) is 4.76. The highest BCUT2D eigenvalue weighted by Gasteiger charge is 2.42. The van der Waals surface area contributed by atoms with E-state index in [9.17, 15) is 0 Å². The summed E-state index contributed by atoms with van der Waals surface area (Å²) >= 11 is 0. The summed E-state index contributed by atoms with van der Waals surface area (Å²) in [5, 5.41) is 0. The van der Waals surface area contributed by atoms with Gasteiger partial charge in [-0.15, -0.1) is 0 Å². The predicted molar refractivity (Wildman–Crippen MR) is 114 cm³/mol. The predicted octanol–water partition coefficient (Wildman–Crippen LogP) is 5.33. The molecule has 0 aromatic heterocycles. The summed E-state index contributed by atoms with van der Waals surface area (Å²) in [5.41, 5.74) is 5.77. The normalized spacial score (nSPS) is 23.9. The van der Waals surface area contributed by atoms with Crippen LogP contribution < -0.4 is 0 Å². The molecule has 1 heterocycles. The zero-order valence-corrected chi connectivity index (χ0v) is 16.6. The summed E-state index contributed by atoms with van der Waals surface area (Å²) in [4.78, 5) is 4.51. The highest BCUT2D eigenvalue weighted by Crippen LogP contribution is 2.53. The molecule has 2 aromatic rings. The minimum absolute atomic E-state index is 0.342. The molecule has 3 nitrogen and oxygen atoms in total. The molecule has 1 aliphatic carbocycles. The summed E-state index contributed by atoms with van der Waals surface area (Å²) in [6.07, 6.45) is 6.39. The number of ether oxygens (including phenoxy) is 2. The second kappa shape index (κ2) is 9.31. The van der Waals surface area contributed by atoms with E-state index in [0.717, 1.165) is 19.4 Å². The van der Waals surface area contributed by atoms with Crippen LogP contribution in [0.4, 0.5) is 0 Å². The van der Waals surface area contributed by atoms with Gasteiger partial charge in [0.15, 0.2) is 0 Å². The van der Waals surface area contributed by atoms with Crippen LogP contribution in [0.1, 0.15) is 48.3 Å². The zero-order chi connectivity index (χ0) is 19.2. The first-order valence-corrected chi connectivity index (χ1v) is 10.4. The van der Waals surface area contributed by atoms with Crippen LogP contribution in [-0.4, -0.2) is 32.8 Å². The Morgan fingerprint density at radius 1 is 0.929 bits per heavy atom. The molecule has 4 rings (SSSR count). The molecule has 28 heavy (non-hydrogen) atoms. The minimum Gasteiger partial charge on any atom is -0.356 e. The van der Waals surface area contributed by atoms with Crippen LogP contribution in [0.5, 0.6) is 0 Å². The first-order chi connectivity index (χ1) is 13.9. The molecule has 0 bridgehead atoms. The van der Waals surface area contributed by atoms with Crippen molar-refractivity contribution in [2.24, 2.45) is 10.9 Å². The molecule has 2 aromatic carbocycles. The molecular weight excluding hydrogens is 346 g/mol. The molecule has 0 N–H and O–H groups in total. The number of aliphatic imine (C=N–C) groups is 1. The van der Waals surface area contributed by atoms with Crippen molar-refractivity contribution < 1.29 is 9.47 Å². The Labute approximate surface area is 168 Å². The van der Waals surface area contributed by atoms with Crippen molar-refractivity contribution in [3.8, 4) is 0 Å². The molecule has 1 aliphatic heterocycles. The van der Waals surface area contributed by atoms with Gasteiger partial charge in [-0.05, 0) is 30.0 Å². The Balaban J connectivity index is 1.72. The summed E-state index contributed by atoms with van der Waals surface area (Å²) in [5.74, 6) is 1.09. The molecule has 146 valence electrons. The van der Waals surface area contributed by atoms with E-state index >= 15 is 0 Å². The van der Waals surface area contributed by atoms with Gasteiger partial charge in [0.05, 0.1) is 6.61 Å². The van der Waals surface area contributed by atoms with Crippen molar-refractivity contribution in [3.63, 3.8) is 0 Å². The standard InChI is InChI=1S/C25H29NO2/c1-2-27-18-28-17-23-24(19-9-4-3-5-10-19)21-12-6-7-13-22(21)25(23)20-11-8-15-26-16-14-20/h3-7,9-13,15,23-25H,2,8,14,16-18H2,1H3. The molecular formula is C25H29NO2. The van der Waals surface area contributed by atoms with Crippen LogP contribution in [0.25, 0.3) is 0 Å². The second-order valence-electron chi connectivity index (χ2n) is 7.49. The van der Waals surface area contributed by atoms with E-state index in [-0.39, 0.29) is 0 Å². The Hall–Kier alpha value is -2.23. The van der Waals surface area contributed by atoms with Crippen LogP contribution in [0.2, 0.25) is 0 Å². The van der Waals surface area contributed by atoms with E-state index in [2.05, 4.69) is 65.7 Å².